The SMILES string of the molecule is O=C(NC1CC1)c1ccc2c(=O)n(-c3cccc(Cl)c3)cnc2c1. The summed E-state index contributed by atoms with van der Waals surface area (Å²) in [5.41, 5.74) is 1.47. The molecule has 1 amide bonds. The molecule has 1 aliphatic carbocycles. The molecule has 1 N–H and O–H groups in total. The minimum absolute atomic E-state index is 0.125. The standard InChI is InChI=1S/C18H14ClN3O2/c19-12-2-1-3-14(9-12)22-10-20-16-8-11(4-7-15(16)18(22)24)17(23)21-13-5-6-13/h1-4,7-10,13H,5-6H2,(H,21,23). The van der Waals surface area contributed by atoms with Gasteiger partial charge < -0.3 is 5.32 Å². The summed E-state index contributed by atoms with van der Waals surface area (Å²) in [6, 6.07) is 12.3. The summed E-state index contributed by atoms with van der Waals surface area (Å²) in [4.78, 5) is 29.1. The van der Waals surface area contributed by atoms with Crippen molar-refractivity contribution in [3.63, 3.8) is 0 Å². The van der Waals surface area contributed by atoms with Gasteiger partial charge in [0, 0.05) is 16.6 Å². The van der Waals surface area contributed by atoms with E-state index in [1.165, 1.54) is 10.9 Å². The van der Waals surface area contributed by atoms with Gasteiger partial charge in [-0.05, 0) is 49.2 Å². The van der Waals surface area contributed by atoms with E-state index in [2.05, 4.69) is 10.3 Å². The van der Waals surface area contributed by atoms with Crippen LogP contribution >= 0.6 is 11.6 Å². The third-order valence-electron chi connectivity index (χ3n) is 4.02. The van der Waals surface area contributed by atoms with Crippen molar-refractivity contribution in [3.05, 3.63) is 69.7 Å². The monoisotopic (exact) mass is 339 g/mol. The topological polar surface area (TPSA) is 64.0 Å². The molecular weight excluding hydrogens is 326 g/mol. The molecule has 1 saturated carbocycles. The van der Waals surface area contributed by atoms with E-state index < -0.39 is 0 Å². The Morgan fingerprint density at radius 1 is 1.21 bits per heavy atom. The highest BCUT2D eigenvalue weighted by atomic mass is 35.5. The van der Waals surface area contributed by atoms with Crippen LogP contribution in [0.25, 0.3) is 16.6 Å². The Morgan fingerprint density at radius 3 is 2.79 bits per heavy atom. The Kier molecular flexibility index (Phi) is 3.58. The minimum atomic E-state index is -0.198. The lowest BCUT2D eigenvalue weighted by Crippen LogP contribution is -2.25. The predicted octanol–water partition coefficient (Wildman–Crippen LogP) is 2.93. The van der Waals surface area contributed by atoms with Gasteiger partial charge in [0.1, 0.15) is 6.33 Å². The van der Waals surface area contributed by atoms with E-state index in [1.807, 2.05) is 0 Å². The zero-order valence-corrected chi connectivity index (χ0v) is 13.5. The normalized spacial score (nSPS) is 13.9. The number of nitrogens with zero attached hydrogens (tertiary/aromatic N) is 2. The lowest BCUT2D eigenvalue weighted by molar-refractivity contribution is 0.0951. The van der Waals surface area contributed by atoms with Gasteiger partial charge in [-0.25, -0.2) is 4.98 Å². The van der Waals surface area contributed by atoms with Crippen molar-refractivity contribution < 1.29 is 4.79 Å². The number of hydrogen-bond donors (Lipinski definition) is 1. The molecule has 0 aliphatic heterocycles. The molecule has 0 unspecified atom stereocenters. The van der Waals surface area contributed by atoms with Crippen LogP contribution in [0, 0.1) is 0 Å². The molecule has 2 aromatic carbocycles. The van der Waals surface area contributed by atoms with Crippen LogP contribution in [0.15, 0.2) is 53.6 Å². The molecule has 3 aromatic rings. The highest BCUT2D eigenvalue weighted by Gasteiger charge is 2.24. The first-order valence-electron chi connectivity index (χ1n) is 7.70. The second-order valence-corrected chi connectivity index (χ2v) is 6.32. The Morgan fingerprint density at radius 2 is 2.04 bits per heavy atom. The maximum absolute atomic E-state index is 12.7. The average molecular weight is 340 g/mol. The van der Waals surface area contributed by atoms with Crippen LogP contribution in [0.3, 0.4) is 0 Å². The molecule has 1 fully saturated rings. The summed E-state index contributed by atoms with van der Waals surface area (Å²) < 4.78 is 1.44. The number of rotatable bonds is 3. The van der Waals surface area contributed by atoms with Crippen LogP contribution in [0.1, 0.15) is 23.2 Å². The van der Waals surface area contributed by atoms with Crippen molar-refractivity contribution >= 4 is 28.4 Å². The predicted molar refractivity (Wildman–Crippen MR) is 92.8 cm³/mol. The van der Waals surface area contributed by atoms with Crippen molar-refractivity contribution in [1.29, 1.82) is 0 Å². The van der Waals surface area contributed by atoms with Crippen LogP contribution < -0.4 is 10.9 Å². The fraction of sp³-hybridized carbons (Fsp3) is 0.167. The fourth-order valence-corrected chi connectivity index (χ4v) is 2.75. The number of carbonyl (C=O) groups excluding carboxylic acids is 1. The second kappa shape index (κ2) is 5.76. The molecule has 24 heavy (non-hydrogen) atoms. The maximum atomic E-state index is 12.7. The van der Waals surface area contributed by atoms with E-state index in [-0.39, 0.29) is 17.5 Å². The van der Waals surface area contributed by atoms with Gasteiger partial charge in [-0.1, -0.05) is 17.7 Å². The summed E-state index contributed by atoms with van der Waals surface area (Å²) in [5.74, 6) is -0.125. The largest absolute Gasteiger partial charge is 0.349 e. The Bertz CT molecular complexity index is 1010. The van der Waals surface area contributed by atoms with Crippen molar-refractivity contribution in [1.82, 2.24) is 14.9 Å². The first-order valence-corrected chi connectivity index (χ1v) is 8.08. The zero-order valence-electron chi connectivity index (χ0n) is 12.7. The van der Waals surface area contributed by atoms with E-state index >= 15 is 0 Å². The van der Waals surface area contributed by atoms with Crippen LogP contribution in [0.5, 0.6) is 0 Å². The summed E-state index contributed by atoms with van der Waals surface area (Å²) in [6.45, 7) is 0. The van der Waals surface area contributed by atoms with E-state index in [9.17, 15) is 9.59 Å². The Balaban J connectivity index is 1.76. The molecule has 0 radical (unpaired) electrons. The lowest BCUT2D eigenvalue weighted by atomic mass is 10.1. The quantitative estimate of drug-likeness (QED) is 0.798. The fourth-order valence-electron chi connectivity index (χ4n) is 2.57. The Hall–Kier alpha value is -2.66. The molecule has 6 heteroatoms. The van der Waals surface area contributed by atoms with Crippen molar-refractivity contribution in [2.24, 2.45) is 0 Å². The number of benzene rings is 2. The molecule has 0 saturated heterocycles. The molecule has 0 spiro atoms. The highest BCUT2D eigenvalue weighted by molar-refractivity contribution is 6.30. The first kappa shape index (κ1) is 14.9. The maximum Gasteiger partial charge on any atom is 0.265 e. The van der Waals surface area contributed by atoms with Gasteiger partial charge in [-0.2, -0.15) is 0 Å². The number of fused-ring (bicyclic) bond motifs is 1. The summed E-state index contributed by atoms with van der Waals surface area (Å²) in [7, 11) is 0. The van der Waals surface area contributed by atoms with Gasteiger partial charge in [0.05, 0.1) is 16.6 Å². The smallest absolute Gasteiger partial charge is 0.265 e. The number of halogens is 1. The number of amides is 1. The lowest BCUT2D eigenvalue weighted by Gasteiger charge is -2.08. The molecule has 0 bridgehead atoms. The van der Waals surface area contributed by atoms with E-state index in [0.717, 1.165) is 12.8 Å². The average Bonchev–Trinajstić information content (AvgIpc) is 3.39. The van der Waals surface area contributed by atoms with Crippen LogP contribution in [-0.4, -0.2) is 21.5 Å². The molecule has 1 heterocycles. The van der Waals surface area contributed by atoms with Gasteiger partial charge >= 0.3 is 0 Å². The molecule has 1 aromatic heterocycles. The summed E-state index contributed by atoms with van der Waals surface area (Å²) >= 11 is 5.99. The molecular formula is C18H14ClN3O2. The third-order valence-corrected chi connectivity index (χ3v) is 4.26. The van der Waals surface area contributed by atoms with Gasteiger partial charge in [0.2, 0.25) is 0 Å². The van der Waals surface area contributed by atoms with Gasteiger partial charge in [-0.3, -0.25) is 14.2 Å². The zero-order chi connectivity index (χ0) is 16.7. The van der Waals surface area contributed by atoms with Crippen molar-refractivity contribution in [2.45, 2.75) is 18.9 Å². The van der Waals surface area contributed by atoms with E-state index in [1.54, 1.807) is 42.5 Å². The number of aromatic nitrogens is 2. The minimum Gasteiger partial charge on any atom is -0.349 e. The van der Waals surface area contributed by atoms with E-state index in [0.29, 0.717) is 27.2 Å². The third kappa shape index (κ3) is 2.78. The van der Waals surface area contributed by atoms with E-state index in [4.69, 9.17) is 11.6 Å². The van der Waals surface area contributed by atoms with Crippen LogP contribution in [-0.2, 0) is 0 Å². The summed E-state index contributed by atoms with van der Waals surface area (Å²) in [5, 5.41) is 3.93. The number of carbonyl (C=O) groups is 1. The second-order valence-electron chi connectivity index (χ2n) is 5.88. The molecule has 4 rings (SSSR count). The molecule has 120 valence electrons. The van der Waals surface area contributed by atoms with Crippen molar-refractivity contribution in [2.75, 3.05) is 0 Å². The van der Waals surface area contributed by atoms with Gasteiger partial charge in [0.25, 0.3) is 11.5 Å². The van der Waals surface area contributed by atoms with Gasteiger partial charge in [0.15, 0.2) is 0 Å². The Labute approximate surface area is 142 Å². The van der Waals surface area contributed by atoms with Crippen LogP contribution in [0.2, 0.25) is 5.02 Å². The first-order chi connectivity index (χ1) is 11.6. The molecule has 1 aliphatic rings. The molecule has 0 atom stereocenters. The number of hydrogen-bond acceptors (Lipinski definition) is 3. The highest BCUT2D eigenvalue weighted by Crippen LogP contribution is 2.20. The summed E-state index contributed by atoms with van der Waals surface area (Å²) in [6.07, 6.45) is 3.52. The van der Waals surface area contributed by atoms with Crippen LogP contribution in [0.4, 0.5) is 0 Å². The number of nitrogens with one attached hydrogen (secondary N) is 1. The van der Waals surface area contributed by atoms with Crippen molar-refractivity contribution in [3.8, 4) is 5.69 Å². The molecule has 5 nitrogen and oxygen atoms in total. The van der Waals surface area contributed by atoms with Gasteiger partial charge in [-0.15, -0.1) is 0 Å².